The fourth-order valence-electron chi connectivity index (χ4n) is 5.04. The molecule has 0 saturated heterocycles. The van der Waals surface area contributed by atoms with Crippen molar-refractivity contribution >= 4 is 33.5 Å². The molecule has 0 unspecified atom stereocenters. The van der Waals surface area contributed by atoms with E-state index < -0.39 is 0 Å². The quantitative estimate of drug-likeness (QED) is 0.0407. The molecule has 244 valence electrons. The molecule has 0 bridgehead atoms. The third-order valence-electron chi connectivity index (χ3n) is 7.66. The minimum atomic E-state index is -0.0668. The van der Waals surface area contributed by atoms with Crippen LogP contribution in [0.5, 0.6) is 0 Å². The molecule has 0 heterocycles. The van der Waals surface area contributed by atoms with E-state index in [9.17, 15) is 9.59 Å². The van der Waals surface area contributed by atoms with Crippen molar-refractivity contribution in [1.29, 1.82) is 0 Å². The minimum Gasteiger partial charge on any atom is -0.465 e. The van der Waals surface area contributed by atoms with Gasteiger partial charge in [-0.05, 0) is 12.8 Å². The number of hydrogen-bond acceptors (Lipinski definition) is 6. The van der Waals surface area contributed by atoms with Crippen molar-refractivity contribution in [2.75, 3.05) is 24.7 Å². The van der Waals surface area contributed by atoms with Crippen molar-refractivity contribution in [3.05, 3.63) is 0 Å². The van der Waals surface area contributed by atoms with Gasteiger partial charge in [0, 0.05) is 24.3 Å². The first kappa shape index (κ1) is 40.6. The van der Waals surface area contributed by atoms with Gasteiger partial charge in [-0.1, -0.05) is 183 Å². The second-order valence-electron chi connectivity index (χ2n) is 11.7. The highest BCUT2D eigenvalue weighted by molar-refractivity contribution is 8.76. The topological polar surface area (TPSA) is 52.6 Å². The number of carbonyl (C=O) groups is 2. The number of ether oxygens (including phenoxy) is 2. The lowest BCUT2D eigenvalue weighted by molar-refractivity contribution is -0.144. The zero-order valence-electron chi connectivity index (χ0n) is 27.4. The van der Waals surface area contributed by atoms with E-state index in [-0.39, 0.29) is 11.9 Å². The maximum atomic E-state index is 11.9. The van der Waals surface area contributed by atoms with Crippen LogP contribution in [0.3, 0.4) is 0 Å². The summed E-state index contributed by atoms with van der Waals surface area (Å²) in [7, 11) is 3.36. The van der Waals surface area contributed by atoms with Gasteiger partial charge in [-0.2, -0.15) is 0 Å². The van der Waals surface area contributed by atoms with Gasteiger partial charge in [0.1, 0.15) is 13.2 Å². The van der Waals surface area contributed by atoms with E-state index in [1.165, 1.54) is 135 Å². The molecule has 4 nitrogen and oxygen atoms in total. The van der Waals surface area contributed by atoms with E-state index in [1.807, 2.05) is 0 Å². The predicted molar refractivity (Wildman–Crippen MR) is 183 cm³/mol. The van der Waals surface area contributed by atoms with Gasteiger partial charge in [0.25, 0.3) is 0 Å². The summed E-state index contributed by atoms with van der Waals surface area (Å²) in [5.74, 6) is 1.43. The summed E-state index contributed by atoms with van der Waals surface area (Å²) in [5, 5.41) is 0. The maximum Gasteiger partial charge on any atom is 0.305 e. The molecule has 0 amide bonds. The van der Waals surface area contributed by atoms with Crippen LogP contribution < -0.4 is 0 Å². The first-order chi connectivity index (χ1) is 20.2. The van der Waals surface area contributed by atoms with E-state index in [0.29, 0.717) is 26.1 Å². The Bertz CT molecular complexity index is 544. The van der Waals surface area contributed by atoms with E-state index in [4.69, 9.17) is 9.47 Å². The monoisotopic (exact) mass is 616 g/mol. The summed E-state index contributed by atoms with van der Waals surface area (Å²) in [6.45, 7) is 5.47. The Morgan fingerprint density at radius 2 is 0.634 bits per heavy atom. The molecular formula is C35H68O4S2. The Morgan fingerprint density at radius 1 is 0.390 bits per heavy atom. The number of unbranched alkanes of at least 4 members (excludes halogenated alkanes) is 23. The van der Waals surface area contributed by atoms with Crippen LogP contribution in [-0.2, 0) is 19.1 Å². The molecule has 0 aromatic carbocycles. The molecule has 0 aromatic heterocycles. The first-order valence-corrected chi connectivity index (χ1v) is 20.2. The molecule has 0 rings (SSSR count). The van der Waals surface area contributed by atoms with Crippen LogP contribution in [0.2, 0.25) is 0 Å². The van der Waals surface area contributed by atoms with Crippen molar-refractivity contribution < 1.29 is 19.1 Å². The molecule has 0 aliphatic heterocycles. The Morgan fingerprint density at radius 3 is 0.902 bits per heavy atom. The molecule has 0 aromatic rings. The standard InChI is InChI=1S/C35H68O4S2/c1-3-5-7-9-11-13-15-16-17-18-19-21-23-25-27-29-35(37)39-31-33-41-40-32-30-38-34(36)28-26-24-22-20-14-12-10-8-6-4-2/h3-33H2,1-2H3. The van der Waals surface area contributed by atoms with Crippen molar-refractivity contribution in [2.45, 2.75) is 187 Å². The second-order valence-corrected chi connectivity index (χ2v) is 14.4. The summed E-state index contributed by atoms with van der Waals surface area (Å²) in [5.41, 5.74) is 0. The fraction of sp³-hybridized carbons (Fsp3) is 0.943. The summed E-state index contributed by atoms with van der Waals surface area (Å²) >= 11 is 0. The lowest BCUT2D eigenvalue weighted by Gasteiger charge is -2.06. The Kier molecular flexibility index (Phi) is 35.5. The summed E-state index contributed by atoms with van der Waals surface area (Å²) in [4.78, 5) is 23.7. The van der Waals surface area contributed by atoms with Crippen molar-refractivity contribution in [1.82, 2.24) is 0 Å². The van der Waals surface area contributed by atoms with Crippen LogP contribution in [-0.4, -0.2) is 36.7 Å². The molecule has 6 heteroatoms. The summed E-state index contributed by atoms with van der Waals surface area (Å²) < 4.78 is 10.7. The molecule has 0 saturated carbocycles. The largest absolute Gasteiger partial charge is 0.465 e. The average molecular weight is 617 g/mol. The molecule has 0 atom stereocenters. The number of hydrogen-bond donors (Lipinski definition) is 0. The molecule has 0 N–H and O–H groups in total. The molecule has 0 radical (unpaired) electrons. The Labute approximate surface area is 263 Å². The van der Waals surface area contributed by atoms with E-state index in [1.54, 1.807) is 21.6 Å². The Balaban J connectivity index is 3.24. The SMILES string of the molecule is CCCCCCCCCCCCCCCCCC(=O)OCCSSCCOC(=O)CCCCCCCCCCCC. The normalized spacial score (nSPS) is 11.2. The third kappa shape index (κ3) is 35.7. The molecule has 0 aliphatic rings. The van der Waals surface area contributed by atoms with Gasteiger partial charge in [-0.3, -0.25) is 9.59 Å². The second kappa shape index (κ2) is 35.8. The minimum absolute atomic E-state index is 0.0637. The fourth-order valence-corrected chi connectivity index (χ4v) is 6.69. The average Bonchev–Trinajstić information content (AvgIpc) is 2.97. The van der Waals surface area contributed by atoms with Gasteiger partial charge in [0.05, 0.1) is 0 Å². The van der Waals surface area contributed by atoms with Gasteiger partial charge >= 0.3 is 11.9 Å². The highest BCUT2D eigenvalue weighted by Crippen LogP contribution is 2.21. The number of carbonyl (C=O) groups excluding carboxylic acids is 2. The van der Waals surface area contributed by atoms with Crippen LogP contribution in [0.1, 0.15) is 187 Å². The smallest absolute Gasteiger partial charge is 0.305 e. The van der Waals surface area contributed by atoms with Gasteiger partial charge < -0.3 is 9.47 Å². The van der Waals surface area contributed by atoms with Gasteiger partial charge in [-0.15, -0.1) is 0 Å². The van der Waals surface area contributed by atoms with E-state index in [0.717, 1.165) is 37.2 Å². The molecule has 0 spiro atoms. The molecule has 0 aliphatic carbocycles. The van der Waals surface area contributed by atoms with Crippen LogP contribution in [0.4, 0.5) is 0 Å². The van der Waals surface area contributed by atoms with Crippen LogP contribution in [0.25, 0.3) is 0 Å². The number of rotatable bonds is 34. The van der Waals surface area contributed by atoms with E-state index in [2.05, 4.69) is 13.8 Å². The van der Waals surface area contributed by atoms with Gasteiger partial charge in [0.2, 0.25) is 0 Å². The summed E-state index contributed by atoms with van der Waals surface area (Å²) in [6.07, 6.45) is 33.8. The molecule has 0 fully saturated rings. The zero-order chi connectivity index (χ0) is 29.9. The summed E-state index contributed by atoms with van der Waals surface area (Å²) in [6, 6.07) is 0. The zero-order valence-corrected chi connectivity index (χ0v) is 29.0. The van der Waals surface area contributed by atoms with Crippen LogP contribution in [0.15, 0.2) is 0 Å². The van der Waals surface area contributed by atoms with Crippen LogP contribution in [0, 0.1) is 0 Å². The van der Waals surface area contributed by atoms with Crippen molar-refractivity contribution in [3.63, 3.8) is 0 Å². The predicted octanol–water partition coefficient (Wildman–Crippen LogP) is 12.0. The van der Waals surface area contributed by atoms with Crippen molar-refractivity contribution in [3.8, 4) is 0 Å². The van der Waals surface area contributed by atoms with Gasteiger partial charge in [0.15, 0.2) is 0 Å². The Hall–Kier alpha value is -0.360. The molecular weight excluding hydrogens is 549 g/mol. The number of esters is 2. The highest BCUT2D eigenvalue weighted by atomic mass is 33.1. The maximum absolute atomic E-state index is 11.9. The lowest BCUT2D eigenvalue weighted by Crippen LogP contribution is -2.08. The molecule has 41 heavy (non-hydrogen) atoms. The van der Waals surface area contributed by atoms with Gasteiger partial charge in [-0.25, -0.2) is 0 Å². The van der Waals surface area contributed by atoms with Crippen LogP contribution >= 0.6 is 21.6 Å². The highest BCUT2D eigenvalue weighted by Gasteiger charge is 2.05. The van der Waals surface area contributed by atoms with Crippen molar-refractivity contribution in [2.24, 2.45) is 0 Å². The van der Waals surface area contributed by atoms with E-state index >= 15 is 0 Å². The first-order valence-electron chi connectivity index (χ1n) is 17.8. The lowest BCUT2D eigenvalue weighted by atomic mass is 10.0. The third-order valence-corrected chi connectivity index (χ3v) is 10.00.